The number of ether oxygens (including phenoxy) is 1. The summed E-state index contributed by atoms with van der Waals surface area (Å²) in [5, 5.41) is 0. The number of rotatable bonds is 2. The van der Waals surface area contributed by atoms with Crippen molar-refractivity contribution in [2.45, 2.75) is 45.4 Å². The highest BCUT2D eigenvalue weighted by Gasteiger charge is 2.44. The van der Waals surface area contributed by atoms with Crippen LogP contribution in [0.1, 0.15) is 33.1 Å². The van der Waals surface area contributed by atoms with Crippen LogP contribution < -0.4 is 0 Å². The third kappa shape index (κ3) is 1.57. The van der Waals surface area contributed by atoms with Gasteiger partial charge < -0.3 is 4.74 Å². The second kappa shape index (κ2) is 3.29. The summed E-state index contributed by atoms with van der Waals surface area (Å²) in [7, 11) is 0. The summed E-state index contributed by atoms with van der Waals surface area (Å²) in [6.07, 6.45) is 3.18. The van der Waals surface area contributed by atoms with E-state index < -0.39 is 0 Å². The van der Waals surface area contributed by atoms with E-state index in [-0.39, 0.29) is 18.2 Å². The van der Waals surface area contributed by atoms with Crippen LogP contribution in [0.3, 0.4) is 0 Å². The van der Waals surface area contributed by atoms with Gasteiger partial charge in [-0.05, 0) is 18.8 Å². The molecule has 74 valence electrons. The van der Waals surface area contributed by atoms with Gasteiger partial charge in [-0.15, -0.1) is 0 Å². The van der Waals surface area contributed by atoms with Crippen molar-refractivity contribution in [2.24, 2.45) is 5.92 Å². The summed E-state index contributed by atoms with van der Waals surface area (Å²) in [5.41, 5.74) is 0. The first-order chi connectivity index (χ1) is 6.18. The number of hydrogen-bond acceptors (Lipinski definition) is 3. The fraction of sp³-hybridized carbons (Fsp3) is 0.900. The lowest BCUT2D eigenvalue weighted by Gasteiger charge is -2.21. The molecule has 2 rings (SSSR count). The Kier molecular flexibility index (Phi) is 2.28. The highest BCUT2D eigenvalue weighted by Crippen LogP contribution is 2.30. The predicted octanol–water partition coefficient (Wildman–Crippen LogP) is 1.38. The summed E-state index contributed by atoms with van der Waals surface area (Å²) in [6, 6.07) is 0.0868. The van der Waals surface area contributed by atoms with Gasteiger partial charge >= 0.3 is 5.97 Å². The molecular weight excluding hydrogens is 166 g/mol. The topological polar surface area (TPSA) is 29.5 Å². The number of cyclic esters (lactones) is 1. The van der Waals surface area contributed by atoms with Crippen LogP contribution in [0.4, 0.5) is 0 Å². The number of carbonyl (C=O) groups excluding carboxylic acids is 1. The normalized spacial score (nSPS) is 33.9. The van der Waals surface area contributed by atoms with Crippen molar-refractivity contribution in [3.05, 3.63) is 0 Å². The maximum absolute atomic E-state index is 11.4. The molecule has 0 radical (unpaired) electrons. The van der Waals surface area contributed by atoms with Crippen molar-refractivity contribution < 1.29 is 9.53 Å². The highest BCUT2D eigenvalue weighted by molar-refractivity contribution is 5.78. The summed E-state index contributed by atoms with van der Waals surface area (Å²) in [4.78, 5) is 13.6. The molecule has 0 aromatic heterocycles. The lowest BCUT2D eigenvalue weighted by atomic mass is 10.1. The minimum atomic E-state index is 0.00292. The Labute approximate surface area is 79.0 Å². The second-order valence-corrected chi connectivity index (χ2v) is 4.42. The molecule has 2 fully saturated rings. The molecule has 0 saturated carbocycles. The van der Waals surface area contributed by atoms with Gasteiger partial charge in [0, 0.05) is 13.0 Å². The van der Waals surface area contributed by atoms with Crippen molar-refractivity contribution in [1.29, 1.82) is 0 Å². The molecule has 0 aromatic rings. The Morgan fingerprint density at radius 1 is 1.62 bits per heavy atom. The maximum Gasteiger partial charge on any atom is 0.325 e. The summed E-state index contributed by atoms with van der Waals surface area (Å²) in [6.45, 7) is 5.36. The lowest BCUT2D eigenvalue weighted by Crippen LogP contribution is -2.33. The number of fused-ring (bicyclic) bond motifs is 1. The highest BCUT2D eigenvalue weighted by atomic mass is 16.6. The minimum Gasteiger partial charge on any atom is -0.445 e. The Bertz CT molecular complexity index is 215. The molecule has 0 bridgehead atoms. The first kappa shape index (κ1) is 9.00. The Balaban J connectivity index is 2.02. The smallest absolute Gasteiger partial charge is 0.325 e. The number of carbonyl (C=O) groups is 1. The van der Waals surface area contributed by atoms with E-state index in [1.807, 2.05) is 0 Å². The zero-order chi connectivity index (χ0) is 9.42. The number of hydrogen-bond donors (Lipinski definition) is 0. The van der Waals surface area contributed by atoms with Gasteiger partial charge in [0.05, 0.1) is 0 Å². The molecule has 0 amide bonds. The van der Waals surface area contributed by atoms with E-state index >= 15 is 0 Å². The molecule has 2 aliphatic rings. The van der Waals surface area contributed by atoms with E-state index in [9.17, 15) is 4.79 Å². The quantitative estimate of drug-likeness (QED) is 0.606. The largest absolute Gasteiger partial charge is 0.445 e. The first-order valence-corrected chi connectivity index (χ1v) is 5.14. The average molecular weight is 183 g/mol. The Morgan fingerprint density at radius 3 is 3.08 bits per heavy atom. The third-order valence-electron chi connectivity index (χ3n) is 2.86. The molecule has 3 nitrogen and oxygen atoms in total. The van der Waals surface area contributed by atoms with E-state index in [0.29, 0.717) is 5.92 Å². The van der Waals surface area contributed by atoms with Gasteiger partial charge in [0.1, 0.15) is 6.04 Å². The predicted molar refractivity (Wildman–Crippen MR) is 49.1 cm³/mol. The van der Waals surface area contributed by atoms with Gasteiger partial charge in [-0.25, -0.2) is 0 Å². The van der Waals surface area contributed by atoms with E-state index in [1.165, 1.54) is 0 Å². The maximum atomic E-state index is 11.4. The Hall–Kier alpha value is -0.570. The molecule has 0 unspecified atom stereocenters. The zero-order valence-electron chi connectivity index (χ0n) is 8.32. The summed E-state index contributed by atoms with van der Waals surface area (Å²) in [5.74, 6) is 0.598. The number of esters is 1. The van der Waals surface area contributed by atoms with Gasteiger partial charge in [0.2, 0.25) is 0 Å². The fourth-order valence-corrected chi connectivity index (χ4v) is 2.25. The SMILES string of the molecule is CC(C)C[C@H]1OC(=O)[C@@H]2CCCN12. The molecule has 0 spiro atoms. The average Bonchev–Trinajstić information content (AvgIpc) is 2.56. The van der Waals surface area contributed by atoms with Crippen LogP contribution in [0.25, 0.3) is 0 Å². The fourth-order valence-electron chi connectivity index (χ4n) is 2.25. The van der Waals surface area contributed by atoms with Crippen LogP contribution in [0.15, 0.2) is 0 Å². The van der Waals surface area contributed by atoms with Gasteiger partial charge in [-0.2, -0.15) is 0 Å². The van der Waals surface area contributed by atoms with Gasteiger partial charge in [-0.1, -0.05) is 13.8 Å². The first-order valence-electron chi connectivity index (χ1n) is 5.14. The van der Waals surface area contributed by atoms with Crippen molar-refractivity contribution in [2.75, 3.05) is 6.54 Å². The number of nitrogens with zero attached hydrogens (tertiary/aromatic N) is 1. The van der Waals surface area contributed by atoms with E-state index in [0.717, 1.165) is 25.8 Å². The molecular formula is C10H17NO2. The van der Waals surface area contributed by atoms with Gasteiger partial charge in [-0.3, -0.25) is 9.69 Å². The van der Waals surface area contributed by atoms with Crippen molar-refractivity contribution >= 4 is 5.97 Å². The molecule has 3 heteroatoms. The molecule has 0 aromatic carbocycles. The summed E-state index contributed by atoms with van der Waals surface area (Å²) < 4.78 is 5.33. The van der Waals surface area contributed by atoms with Crippen LogP contribution in [-0.2, 0) is 9.53 Å². The standard InChI is InChI=1S/C10H17NO2/c1-7(2)6-9-11-5-3-4-8(11)10(12)13-9/h7-9H,3-6H2,1-2H3/t8-,9+/m0/s1. The second-order valence-electron chi connectivity index (χ2n) is 4.42. The van der Waals surface area contributed by atoms with E-state index in [2.05, 4.69) is 18.7 Å². The third-order valence-corrected chi connectivity index (χ3v) is 2.86. The van der Waals surface area contributed by atoms with Crippen LogP contribution in [0.2, 0.25) is 0 Å². The Morgan fingerprint density at radius 2 is 2.38 bits per heavy atom. The van der Waals surface area contributed by atoms with Crippen molar-refractivity contribution in [3.63, 3.8) is 0 Å². The minimum absolute atomic E-state index is 0.00292. The lowest BCUT2D eigenvalue weighted by molar-refractivity contribution is -0.143. The van der Waals surface area contributed by atoms with E-state index in [4.69, 9.17) is 4.74 Å². The van der Waals surface area contributed by atoms with Crippen LogP contribution in [-0.4, -0.2) is 29.7 Å². The molecule has 0 aliphatic carbocycles. The zero-order valence-corrected chi connectivity index (χ0v) is 8.32. The van der Waals surface area contributed by atoms with Crippen LogP contribution in [0, 0.1) is 5.92 Å². The monoisotopic (exact) mass is 183 g/mol. The van der Waals surface area contributed by atoms with E-state index in [1.54, 1.807) is 0 Å². The molecule has 0 N–H and O–H groups in total. The molecule has 2 heterocycles. The molecule has 2 atom stereocenters. The van der Waals surface area contributed by atoms with Gasteiger partial charge in [0.15, 0.2) is 6.23 Å². The molecule has 2 saturated heterocycles. The molecule has 2 aliphatic heterocycles. The van der Waals surface area contributed by atoms with Crippen LogP contribution in [0.5, 0.6) is 0 Å². The molecule has 13 heavy (non-hydrogen) atoms. The van der Waals surface area contributed by atoms with Crippen molar-refractivity contribution in [3.8, 4) is 0 Å². The van der Waals surface area contributed by atoms with Crippen molar-refractivity contribution in [1.82, 2.24) is 4.90 Å². The summed E-state index contributed by atoms with van der Waals surface area (Å²) >= 11 is 0. The van der Waals surface area contributed by atoms with Gasteiger partial charge in [0.25, 0.3) is 0 Å². The van der Waals surface area contributed by atoms with Crippen LogP contribution >= 0.6 is 0 Å².